The van der Waals surface area contributed by atoms with Crippen molar-refractivity contribution in [3.8, 4) is 0 Å². The number of para-hydroxylation sites is 2. The van der Waals surface area contributed by atoms with Crippen LogP contribution < -0.4 is 4.72 Å². The van der Waals surface area contributed by atoms with Crippen LogP contribution in [0.15, 0.2) is 53.4 Å². The second-order valence-electron chi connectivity index (χ2n) is 5.36. The van der Waals surface area contributed by atoms with Gasteiger partial charge in [-0.15, -0.1) is 0 Å². The van der Waals surface area contributed by atoms with Gasteiger partial charge in [-0.1, -0.05) is 30.3 Å². The summed E-state index contributed by atoms with van der Waals surface area (Å²) in [5, 5.41) is 0. The number of rotatable bonds is 1. The number of nitrogens with one attached hydrogen (secondary N) is 1. The molecule has 3 aromatic rings. The van der Waals surface area contributed by atoms with Gasteiger partial charge in [0, 0.05) is 7.05 Å². The predicted molar refractivity (Wildman–Crippen MR) is 91.7 cm³/mol. The van der Waals surface area contributed by atoms with Gasteiger partial charge in [0.1, 0.15) is 0 Å². The van der Waals surface area contributed by atoms with Crippen LogP contribution in [-0.2, 0) is 16.8 Å². The lowest BCUT2D eigenvalue weighted by molar-refractivity contribution is 0.677. The van der Waals surface area contributed by atoms with Crippen LogP contribution in [0.5, 0.6) is 0 Å². The number of nitrogens with zero attached hydrogens (tertiary/aromatic N) is 2. The van der Waals surface area contributed by atoms with Gasteiger partial charge in [0.25, 0.3) is 0 Å². The number of aryl methyl sites for hydroxylation is 1. The van der Waals surface area contributed by atoms with Crippen LogP contribution in [0.3, 0.4) is 0 Å². The molecular weight excluding hydrogens is 294 g/mol. The fraction of sp³-hybridized carbons (Fsp3) is 0.0588. The topological polar surface area (TPSA) is 46.9 Å². The fourth-order valence-corrected chi connectivity index (χ4v) is 4.24. The van der Waals surface area contributed by atoms with Crippen molar-refractivity contribution in [1.29, 1.82) is 0 Å². The molecule has 2 heterocycles. The van der Waals surface area contributed by atoms with Crippen molar-refractivity contribution in [2.75, 3.05) is 0 Å². The average molecular weight is 309 g/mol. The third kappa shape index (κ3) is 1.86. The first-order valence-corrected chi connectivity index (χ1v) is 8.66. The first-order valence-electron chi connectivity index (χ1n) is 6.94. The lowest BCUT2D eigenvalue weighted by Gasteiger charge is -2.22. The Balaban J connectivity index is 1.97. The minimum atomic E-state index is -2.57. The molecule has 5 heteroatoms. The monoisotopic (exact) mass is 309 g/mol. The van der Waals surface area contributed by atoms with Gasteiger partial charge in [0.2, 0.25) is 0 Å². The number of benzene rings is 2. The molecule has 2 aromatic carbocycles. The smallest absolute Gasteiger partial charge is 0.157 e. The summed E-state index contributed by atoms with van der Waals surface area (Å²) in [4.78, 5) is 5.39. The SMILES string of the molecule is C=S1(=O)NC(c2nc3ccccc3n2C)=Cc2ccccc21. The van der Waals surface area contributed by atoms with E-state index < -0.39 is 9.71 Å². The molecular formula is C17H15N3OS. The van der Waals surface area contributed by atoms with E-state index in [0.717, 1.165) is 33.0 Å². The molecule has 1 N–H and O–H groups in total. The largest absolute Gasteiger partial charge is 0.326 e. The Morgan fingerprint density at radius 3 is 2.68 bits per heavy atom. The summed E-state index contributed by atoms with van der Waals surface area (Å²) in [7, 11) is -0.608. The van der Waals surface area contributed by atoms with Crippen LogP contribution in [0.1, 0.15) is 11.4 Å². The molecule has 110 valence electrons. The van der Waals surface area contributed by atoms with Crippen LogP contribution in [0.4, 0.5) is 0 Å². The highest BCUT2D eigenvalue weighted by molar-refractivity contribution is 7.99. The molecule has 0 spiro atoms. The molecule has 0 radical (unpaired) electrons. The quantitative estimate of drug-likeness (QED) is 0.703. The zero-order valence-electron chi connectivity index (χ0n) is 12.1. The van der Waals surface area contributed by atoms with Crippen LogP contribution in [0.2, 0.25) is 0 Å². The molecule has 1 unspecified atom stereocenters. The van der Waals surface area contributed by atoms with Crippen LogP contribution in [0.25, 0.3) is 22.8 Å². The van der Waals surface area contributed by atoms with Crippen molar-refractivity contribution in [3.05, 3.63) is 59.9 Å². The molecule has 0 fully saturated rings. The van der Waals surface area contributed by atoms with Gasteiger partial charge in [-0.25, -0.2) is 9.19 Å². The maximum Gasteiger partial charge on any atom is 0.157 e. The van der Waals surface area contributed by atoms with Crippen molar-refractivity contribution in [3.63, 3.8) is 0 Å². The summed E-state index contributed by atoms with van der Waals surface area (Å²) >= 11 is 0. The Kier molecular flexibility index (Phi) is 2.68. The van der Waals surface area contributed by atoms with Crippen molar-refractivity contribution in [1.82, 2.24) is 14.3 Å². The lowest BCUT2D eigenvalue weighted by atomic mass is 10.2. The molecule has 4 rings (SSSR count). The Morgan fingerprint density at radius 2 is 1.86 bits per heavy atom. The van der Waals surface area contributed by atoms with E-state index in [9.17, 15) is 4.21 Å². The number of fused-ring (bicyclic) bond motifs is 2. The van der Waals surface area contributed by atoms with E-state index in [1.54, 1.807) is 0 Å². The Morgan fingerprint density at radius 1 is 1.14 bits per heavy atom. The molecule has 0 saturated heterocycles. The van der Waals surface area contributed by atoms with Crippen LogP contribution in [-0.4, -0.2) is 19.6 Å². The van der Waals surface area contributed by atoms with Gasteiger partial charge in [-0.3, -0.25) is 0 Å². The summed E-state index contributed by atoms with van der Waals surface area (Å²) < 4.78 is 17.9. The van der Waals surface area contributed by atoms with E-state index in [0.29, 0.717) is 0 Å². The molecule has 4 nitrogen and oxygen atoms in total. The first-order chi connectivity index (χ1) is 10.6. The third-order valence-corrected chi connectivity index (χ3v) is 5.51. The van der Waals surface area contributed by atoms with Gasteiger partial charge in [0.05, 0.1) is 31.3 Å². The van der Waals surface area contributed by atoms with E-state index in [1.165, 1.54) is 0 Å². The van der Waals surface area contributed by atoms with Gasteiger partial charge in [-0.2, -0.15) is 0 Å². The lowest BCUT2D eigenvalue weighted by Crippen LogP contribution is -2.27. The fourth-order valence-electron chi connectivity index (χ4n) is 2.81. The standard InChI is InChI=1S/C17H15N3OS/c1-20-15-9-5-4-8-13(15)18-17(20)14-11-12-7-3-6-10-16(12)22(2,21)19-14/h3-11H,2H2,1H3,(H,19,21). The molecule has 0 aliphatic carbocycles. The molecule has 0 bridgehead atoms. The first kappa shape index (κ1) is 13.2. The van der Waals surface area contributed by atoms with Crippen molar-refractivity contribution >= 4 is 38.4 Å². The summed E-state index contributed by atoms with van der Waals surface area (Å²) in [6.45, 7) is 0. The second-order valence-corrected chi connectivity index (χ2v) is 7.35. The van der Waals surface area contributed by atoms with Gasteiger partial charge in [0.15, 0.2) is 5.82 Å². The Bertz CT molecular complexity index is 1030. The van der Waals surface area contributed by atoms with Crippen molar-refractivity contribution < 1.29 is 4.21 Å². The van der Waals surface area contributed by atoms with Crippen molar-refractivity contribution in [2.45, 2.75) is 4.90 Å². The Hall–Kier alpha value is -2.53. The van der Waals surface area contributed by atoms with Gasteiger partial charge in [-0.05, 0) is 35.7 Å². The highest BCUT2D eigenvalue weighted by Crippen LogP contribution is 2.28. The van der Waals surface area contributed by atoms with Crippen molar-refractivity contribution in [2.24, 2.45) is 7.05 Å². The number of hydrogen-bond acceptors (Lipinski definition) is 2. The molecule has 0 amide bonds. The predicted octanol–water partition coefficient (Wildman–Crippen LogP) is 2.66. The zero-order valence-corrected chi connectivity index (χ0v) is 12.9. The maximum atomic E-state index is 12.8. The van der Waals surface area contributed by atoms with Crippen LogP contribution >= 0.6 is 0 Å². The Labute approximate surface area is 129 Å². The van der Waals surface area contributed by atoms with Gasteiger partial charge >= 0.3 is 0 Å². The maximum absolute atomic E-state index is 12.8. The van der Waals surface area contributed by atoms with E-state index in [2.05, 4.69) is 15.6 Å². The summed E-state index contributed by atoms with van der Waals surface area (Å²) in [6.07, 6.45) is 1.98. The second kappa shape index (κ2) is 4.48. The highest BCUT2D eigenvalue weighted by Gasteiger charge is 2.22. The minimum absolute atomic E-state index is 0.734. The van der Waals surface area contributed by atoms with E-state index >= 15 is 0 Å². The molecule has 1 aliphatic rings. The van der Waals surface area contributed by atoms with E-state index in [-0.39, 0.29) is 0 Å². The molecule has 22 heavy (non-hydrogen) atoms. The molecule has 1 atom stereocenters. The molecule has 0 saturated carbocycles. The summed E-state index contributed by atoms with van der Waals surface area (Å²) in [6, 6.07) is 15.5. The van der Waals surface area contributed by atoms with Gasteiger partial charge < -0.3 is 9.29 Å². The minimum Gasteiger partial charge on any atom is -0.326 e. The molecule has 1 aliphatic heterocycles. The highest BCUT2D eigenvalue weighted by atomic mass is 32.2. The summed E-state index contributed by atoms with van der Waals surface area (Å²) in [5.41, 5.74) is 3.60. The summed E-state index contributed by atoms with van der Waals surface area (Å²) in [5.74, 6) is 4.63. The van der Waals surface area contributed by atoms with E-state index in [1.807, 2.05) is 66.2 Å². The van der Waals surface area contributed by atoms with E-state index in [4.69, 9.17) is 0 Å². The van der Waals surface area contributed by atoms with Crippen LogP contribution in [0, 0.1) is 0 Å². The number of imidazole rings is 1. The zero-order chi connectivity index (χ0) is 15.3. The number of hydrogen-bond donors (Lipinski definition) is 1. The molecule has 1 aromatic heterocycles. The third-order valence-electron chi connectivity index (χ3n) is 3.88. The normalized spacial score (nSPS) is 20.3. The number of aromatic nitrogens is 2. The average Bonchev–Trinajstić information content (AvgIpc) is 2.84.